The van der Waals surface area contributed by atoms with E-state index in [-0.39, 0.29) is 5.92 Å². The third-order valence-corrected chi connectivity index (χ3v) is 6.26. The van der Waals surface area contributed by atoms with E-state index in [2.05, 4.69) is 22.4 Å². The van der Waals surface area contributed by atoms with Crippen molar-refractivity contribution in [3.63, 3.8) is 0 Å². The fraction of sp³-hybridized carbons (Fsp3) is 0.706. The Bertz CT molecular complexity index is 493. The number of aliphatic carboxylic acids is 1. The quantitative estimate of drug-likeness (QED) is 0.893. The van der Waals surface area contributed by atoms with Crippen molar-refractivity contribution in [1.82, 2.24) is 4.90 Å². The van der Waals surface area contributed by atoms with Gasteiger partial charge in [-0.3, -0.25) is 9.69 Å². The summed E-state index contributed by atoms with van der Waals surface area (Å²) in [6.07, 6.45) is 4.81. The molecule has 2 atom stereocenters. The molecule has 2 aliphatic rings. The molecule has 116 valence electrons. The lowest BCUT2D eigenvalue weighted by Crippen LogP contribution is -2.46. The highest BCUT2D eigenvalue weighted by Crippen LogP contribution is 2.48. The molecule has 1 saturated carbocycles. The maximum atomic E-state index is 11.6. The molecule has 0 amide bonds. The summed E-state index contributed by atoms with van der Waals surface area (Å²) >= 11 is 1.85. The number of rotatable bonds is 5. The van der Waals surface area contributed by atoms with Gasteiger partial charge in [0.1, 0.15) is 0 Å². The molecule has 21 heavy (non-hydrogen) atoms. The van der Waals surface area contributed by atoms with Gasteiger partial charge < -0.3 is 5.11 Å². The van der Waals surface area contributed by atoms with Crippen LogP contribution in [0.3, 0.4) is 0 Å². The lowest BCUT2D eigenvalue weighted by molar-refractivity contribution is -0.151. The Labute approximate surface area is 131 Å². The molecule has 3 rings (SSSR count). The second-order valence-corrected chi connectivity index (χ2v) is 8.14. The average molecular weight is 307 g/mol. The summed E-state index contributed by atoms with van der Waals surface area (Å²) in [7, 11) is 0. The van der Waals surface area contributed by atoms with Crippen LogP contribution in [-0.4, -0.2) is 29.1 Å². The summed E-state index contributed by atoms with van der Waals surface area (Å²) in [5.74, 6) is 0.383. The van der Waals surface area contributed by atoms with Crippen LogP contribution in [0.25, 0.3) is 0 Å². The molecule has 3 nitrogen and oxygen atoms in total. The number of carboxylic acid groups (broad SMARTS) is 1. The number of carbonyl (C=O) groups is 1. The molecular formula is C17H25NO2S. The van der Waals surface area contributed by atoms with Gasteiger partial charge in [0.15, 0.2) is 0 Å². The predicted octanol–water partition coefficient (Wildman–Crippen LogP) is 4.02. The highest BCUT2D eigenvalue weighted by molar-refractivity contribution is 7.10. The summed E-state index contributed by atoms with van der Waals surface area (Å²) in [5, 5.41) is 11.7. The monoisotopic (exact) mass is 307 g/mol. The molecular weight excluding hydrogens is 282 g/mol. The zero-order chi connectivity index (χ0) is 15.0. The standard InChI is InChI=1S/C17H25NO2S/c1-17(2,16(19)20)13-5-3-9-18(11-13)15(12-7-8-12)14-6-4-10-21-14/h4,6,10,12-13,15H,3,5,7-9,11H2,1-2H3,(H,19,20). The van der Waals surface area contributed by atoms with Gasteiger partial charge in [-0.05, 0) is 69.4 Å². The van der Waals surface area contributed by atoms with Crippen LogP contribution >= 0.6 is 11.3 Å². The maximum Gasteiger partial charge on any atom is 0.309 e. The topological polar surface area (TPSA) is 40.5 Å². The van der Waals surface area contributed by atoms with Crippen molar-refractivity contribution in [3.8, 4) is 0 Å². The highest BCUT2D eigenvalue weighted by Gasteiger charge is 2.43. The Kier molecular flexibility index (Phi) is 4.10. The van der Waals surface area contributed by atoms with Crippen molar-refractivity contribution in [2.45, 2.75) is 45.6 Å². The van der Waals surface area contributed by atoms with Crippen LogP contribution in [0.5, 0.6) is 0 Å². The third kappa shape index (κ3) is 3.02. The van der Waals surface area contributed by atoms with Gasteiger partial charge in [0.05, 0.1) is 5.41 Å². The molecule has 1 aromatic heterocycles. The second-order valence-electron chi connectivity index (χ2n) is 7.16. The van der Waals surface area contributed by atoms with Gasteiger partial charge >= 0.3 is 5.97 Å². The summed E-state index contributed by atoms with van der Waals surface area (Å²) in [4.78, 5) is 15.6. The Morgan fingerprint density at radius 3 is 2.76 bits per heavy atom. The first kappa shape index (κ1) is 15.0. The Hall–Kier alpha value is -0.870. The lowest BCUT2D eigenvalue weighted by atomic mass is 9.74. The molecule has 1 N–H and O–H groups in total. The molecule has 2 unspecified atom stereocenters. The van der Waals surface area contributed by atoms with Crippen LogP contribution in [0.2, 0.25) is 0 Å². The van der Waals surface area contributed by atoms with Crippen molar-refractivity contribution in [1.29, 1.82) is 0 Å². The van der Waals surface area contributed by atoms with Gasteiger partial charge in [0.2, 0.25) is 0 Å². The van der Waals surface area contributed by atoms with Crippen molar-refractivity contribution >= 4 is 17.3 Å². The molecule has 0 spiro atoms. The Balaban J connectivity index is 1.77. The molecule has 0 aromatic carbocycles. The number of hydrogen-bond acceptors (Lipinski definition) is 3. The Morgan fingerprint density at radius 2 is 2.19 bits per heavy atom. The van der Waals surface area contributed by atoms with E-state index >= 15 is 0 Å². The molecule has 1 saturated heterocycles. The molecule has 4 heteroatoms. The highest BCUT2D eigenvalue weighted by atomic mass is 32.1. The first-order chi connectivity index (χ1) is 10.00. The predicted molar refractivity (Wildman–Crippen MR) is 85.5 cm³/mol. The van der Waals surface area contributed by atoms with Gasteiger partial charge in [-0.25, -0.2) is 0 Å². The summed E-state index contributed by atoms with van der Waals surface area (Å²) < 4.78 is 0. The minimum absolute atomic E-state index is 0.255. The van der Waals surface area contributed by atoms with E-state index in [1.165, 1.54) is 17.7 Å². The second kappa shape index (κ2) is 5.73. The summed E-state index contributed by atoms with van der Waals surface area (Å²) in [5.41, 5.74) is -0.623. The molecule has 0 bridgehead atoms. The molecule has 1 aromatic rings. The number of likely N-dealkylation sites (tertiary alicyclic amines) is 1. The summed E-state index contributed by atoms with van der Waals surface area (Å²) in [6, 6.07) is 4.91. The number of thiophene rings is 1. The van der Waals surface area contributed by atoms with Gasteiger partial charge in [-0.15, -0.1) is 11.3 Å². The van der Waals surface area contributed by atoms with Crippen LogP contribution in [0.1, 0.15) is 50.4 Å². The molecule has 2 heterocycles. The van der Waals surface area contributed by atoms with Gasteiger partial charge in [-0.1, -0.05) is 6.07 Å². The van der Waals surface area contributed by atoms with Crippen LogP contribution in [0, 0.1) is 17.3 Å². The Morgan fingerprint density at radius 1 is 1.43 bits per heavy atom. The molecule has 1 aliphatic heterocycles. The average Bonchev–Trinajstić information content (AvgIpc) is 3.14. The minimum Gasteiger partial charge on any atom is -0.481 e. The zero-order valence-corrected chi connectivity index (χ0v) is 13.7. The van der Waals surface area contributed by atoms with E-state index in [4.69, 9.17) is 0 Å². The SMILES string of the molecule is CC(C)(C(=O)O)C1CCCN(C(c2cccs2)C2CC2)C1. The lowest BCUT2D eigenvalue weighted by Gasteiger charge is -2.42. The molecule has 1 aliphatic carbocycles. The summed E-state index contributed by atoms with van der Waals surface area (Å²) in [6.45, 7) is 5.82. The smallest absolute Gasteiger partial charge is 0.309 e. The number of piperidine rings is 1. The molecule has 2 fully saturated rings. The third-order valence-electron chi connectivity index (χ3n) is 5.32. The van der Waals surface area contributed by atoms with Crippen molar-refractivity contribution in [3.05, 3.63) is 22.4 Å². The first-order valence-corrected chi connectivity index (χ1v) is 8.89. The maximum absolute atomic E-state index is 11.6. The van der Waals surface area contributed by atoms with Crippen molar-refractivity contribution < 1.29 is 9.90 Å². The van der Waals surface area contributed by atoms with E-state index in [0.29, 0.717) is 6.04 Å². The number of hydrogen-bond donors (Lipinski definition) is 1. The fourth-order valence-electron chi connectivity index (χ4n) is 3.60. The van der Waals surface area contributed by atoms with Crippen LogP contribution in [0.15, 0.2) is 17.5 Å². The first-order valence-electron chi connectivity index (χ1n) is 8.01. The largest absolute Gasteiger partial charge is 0.481 e. The fourth-order valence-corrected chi connectivity index (χ4v) is 4.56. The van der Waals surface area contributed by atoms with Crippen molar-refractivity contribution in [2.75, 3.05) is 13.1 Å². The minimum atomic E-state index is -0.659. The number of carboxylic acids is 1. The van der Waals surface area contributed by atoms with Gasteiger partial charge in [0, 0.05) is 17.5 Å². The van der Waals surface area contributed by atoms with Crippen LogP contribution < -0.4 is 0 Å². The van der Waals surface area contributed by atoms with Gasteiger partial charge in [-0.2, -0.15) is 0 Å². The zero-order valence-electron chi connectivity index (χ0n) is 12.9. The van der Waals surface area contributed by atoms with E-state index < -0.39 is 11.4 Å². The normalized spacial score (nSPS) is 25.7. The van der Waals surface area contributed by atoms with E-state index in [0.717, 1.165) is 31.8 Å². The van der Waals surface area contributed by atoms with Crippen LogP contribution in [-0.2, 0) is 4.79 Å². The van der Waals surface area contributed by atoms with E-state index in [1.54, 1.807) is 0 Å². The number of nitrogens with zero attached hydrogens (tertiary/aromatic N) is 1. The van der Waals surface area contributed by atoms with Gasteiger partial charge in [0.25, 0.3) is 0 Å². The van der Waals surface area contributed by atoms with E-state index in [9.17, 15) is 9.90 Å². The van der Waals surface area contributed by atoms with E-state index in [1.807, 2.05) is 25.2 Å². The molecule has 0 radical (unpaired) electrons. The van der Waals surface area contributed by atoms with Crippen LogP contribution in [0.4, 0.5) is 0 Å². The van der Waals surface area contributed by atoms with Crippen molar-refractivity contribution in [2.24, 2.45) is 17.3 Å².